The Morgan fingerprint density at radius 1 is 1.11 bits per heavy atom. The van der Waals surface area contributed by atoms with Crippen LogP contribution in [-0.2, 0) is 0 Å². The quantitative estimate of drug-likeness (QED) is 0.824. The highest BCUT2D eigenvalue weighted by Gasteiger charge is 2.23. The zero-order valence-electron chi connectivity index (χ0n) is 12.5. The van der Waals surface area contributed by atoms with E-state index in [-0.39, 0.29) is 0 Å². The summed E-state index contributed by atoms with van der Waals surface area (Å²) in [5.41, 5.74) is 0. The minimum absolute atomic E-state index is 0.717. The number of hydrogen-bond donors (Lipinski definition) is 1. The van der Waals surface area contributed by atoms with Crippen LogP contribution in [0.25, 0.3) is 0 Å². The number of piperazine rings is 1. The Hall–Kier alpha value is -0.120. The summed E-state index contributed by atoms with van der Waals surface area (Å²) in [4.78, 5) is 5.08. The van der Waals surface area contributed by atoms with Gasteiger partial charge in [0, 0.05) is 44.8 Å². The van der Waals surface area contributed by atoms with Gasteiger partial charge in [0.05, 0.1) is 0 Å². The van der Waals surface area contributed by atoms with Crippen LogP contribution < -0.4 is 5.32 Å². The number of rotatable bonds is 4. The summed E-state index contributed by atoms with van der Waals surface area (Å²) >= 11 is 0. The molecule has 0 aromatic heterocycles. The van der Waals surface area contributed by atoms with Gasteiger partial charge in [0.15, 0.2) is 0 Å². The average Bonchev–Trinajstić information content (AvgIpc) is 2.34. The van der Waals surface area contributed by atoms with Crippen molar-refractivity contribution in [3.63, 3.8) is 0 Å². The SMILES string of the molecule is CC1CCCCC1NCCN1CCN(C)CC1C. The van der Waals surface area contributed by atoms with Gasteiger partial charge in [-0.25, -0.2) is 0 Å². The molecule has 0 radical (unpaired) electrons. The molecule has 0 amide bonds. The number of hydrogen-bond acceptors (Lipinski definition) is 3. The molecule has 1 aliphatic carbocycles. The first-order valence-corrected chi connectivity index (χ1v) is 7.83. The van der Waals surface area contributed by atoms with E-state index in [0.29, 0.717) is 6.04 Å². The second kappa shape index (κ2) is 6.88. The zero-order chi connectivity index (χ0) is 13.0. The molecule has 1 saturated carbocycles. The van der Waals surface area contributed by atoms with E-state index in [1.165, 1.54) is 58.4 Å². The Kier molecular flexibility index (Phi) is 5.46. The highest BCUT2D eigenvalue weighted by atomic mass is 15.3. The second-order valence-corrected chi connectivity index (χ2v) is 6.47. The van der Waals surface area contributed by atoms with Gasteiger partial charge >= 0.3 is 0 Å². The highest BCUT2D eigenvalue weighted by Crippen LogP contribution is 2.23. The van der Waals surface area contributed by atoms with Crippen LogP contribution in [0, 0.1) is 5.92 Å². The molecule has 2 fully saturated rings. The Morgan fingerprint density at radius 2 is 1.89 bits per heavy atom. The van der Waals surface area contributed by atoms with Crippen molar-refractivity contribution < 1.29 is 0 Å². The van der Waals surface area contributed by atoms with Gasteiger partial charge in [0.2, 0.25) is 0 Å². The Morgan fingerprint density at radius 3 is 2.61 bits per heavy atom. The van der Waals surface area contributed by atoms with Crippen LogP contribution in [0.3, 0.4) is 0 Å². The van der Waals surface area contributed by atoms with Crippen molar-refractivity contribution in [3.8, 4) is 0 Å². The molecule has 3 heteroatoms. The normalized spacial score (nSPS) is 35.8. The maximum absolute atomic E-state index is 3.80. The number of likely N-dealkylation sites (N-methyl/N-ethyl adjacent to an activating group) is 1. The fourth-order valence-corrected chi connectivity index (χ4v) is 3.52. The standard InChI is InChI=1S/C15H31N3/c1-13-6-4-5-7-15(13)16-8-9-18-11-10-17(3)12-14(18)2/h13-16H,4-12H2,1-3H3. The first-order chi connectivity index (χ1) is 8.66. The summed E-state index contributed by atoms with van der Waals surface area (Å²) in [7, 11) is 2.23. The summed E-state index contributed by atoms with van der Waals surface area (Å²) in [5.74, 6) is 0.878. The van der Waals surface area contributed by atoms with Gasteiger partial charge in [-0.05, 0) is 32.7 Å². The predicted molar refractivity (Wildman–Crippen MR) is 78.0 cm³/mol. The van der Waals surface area contributed by atoms with Gasteiger partial charge in [-0.2, -0.15) is 0 Å². The van der Waals surface area contributed by atoms with Gasteiger partial charge < -0.3 is 10.2 Å². The van der Waals surface area contributed by atoms with E-state index in [4.69, 9.17) is 0 Å². The first kappa shape index (κ1) is 14.3. The third kappa shape index (κ3) is 3.94. The molecule has 0 bridgehead atoms. The van der Waals surface area contributed by atoms with Crippen molar-refractivity contribution in [1.29, 1.82) is 0 Å². The van der Waals surface area contributed by atoms with Crippen molar-refractivity contribution in [2.45, 2.75) is 51.6 Å². The molecule has 1 heterocycles. The maximum atomic E-state index is 3.80. The minimum Gasteiger partial charge on any atom is -0.312 e. The topological polar surface area (TPSA) is 18.5 Å². The van der Waals surface area contributed by atoms with Crippen molar-refractivity contribution in [3.05, 3.63) is 0 Å². The number of nitrogens with one attached hydrogen (secondary N) is 1. The second-order valence-electron chi connectivity index (χ2n) is 6.47. The molecule has 2 rings (SSSR count). The largest absolute Gasteiger partial charge is 0.312 e. The van der Waals surface area contributed by atoms with E-state index in [1.54, 1.807) is 0 Å². The Labute approximate surface area is 113 Å². The van der Waals surface area contributed by atoms with E-state index < -0.39 is 0 Å². The molecule has 3 unspecified atom stereocenters. The smallest absolute Gasteiger partial charge is 0.0195 e. The third-order valence-corrected chi connectivity index (χ3v) is 4.89. The molecular weight excluding hydrogens is 222 g/mol. The van der Waals surface area contributed by atoms with Crippen molar-refractivity contribution in [2.75, 3.05) is 39.8 Å². The molecule has 0 spiro atoms. The molecule has 1 N–H and O–H groups in total. The van der Waals surface area contributed by atoms with Crippen LogP contribution in [0.1, 0.15) is 39.5 Å². The average molecular weight is 253 g/mol. The van der Waals surface area contributed by atoms with Crippen molar-refractivity contribution >= 4 is 0 Å². The zero-order valence-corrected chi connectivity index (χ0v) is 12.5. The lowest BCUT2D eigenvalue weighted by molar-refractivity contribution is 0.0987. The van der Waals surface area contributed by atoms with E-state index in [2.05, 4.69) is 36.0 Å². The number of nitrogens with zero attached hydrogens (tertiary/aromatic N) is 2. The van der Waals surface area contributed by atoms with E-state index >= 15 is 0 Å². The molecule has 106 valence electrons. The fourth-order valence-electron chi connectivity index (χ4n) is 3.52. The van der Waals surface area contributed by atoms with E-state index in [1.807, 2.05) is 0 Å². The molecule has 0 aromatic rings. The molecule has 0 aromatic carbocycles. The third-order valence-electron chi connectivity index (χ3n) is 4.89. The summed E-state index contributed by atoms with van der Waals surface area (Å²) in [6, 6.07) is 1.50. The summed E-state index contributed by atoms with van der Waals surface area (Å²) in [6.07, 6.45) is 5.67. The van der Waals surface area contributed by atoms with Gasteiger partial charge in [0.25, 0.3) is 0 Å². The molecule has 1 aliphatic heterocycles. The maximum Gasteiger partial charge on any atom is 0.0195 e. The van der Waals surface area contributed by atoms with Gasteiger partial charge in [0.1, 0.15) is 0 Å². The highest BCUT2D eigenvalue weighted by molar-refractivity contribution is 4.81. The summed E-state index contributed by atoms with van der Waals surface area (Å²) in [5, 5.41) is 3.80. The summed E-state index contributed by atoms with van der Waals surface area (Å²) < 4.78 is 0. The van der Waals surface area contributed by atoms with Gasteiger partial charge in [-0.1, -0.05) is 19.8 Å². The Balaban J connectivity index is 1.65. The molecular formula is C15H31N3. The van der Waals surface area contributed by atoms with Crippen LogP contribution in [0.5, 0.6) is 0 Å². The molecule has 3 nitrogen and oxygen atoms in total. The van der Waals surface area contributed by atoms with E-state index in [9.17, 15) is 0 Å². The first-order valence-electron chi connectivity index (χ1n) is 7.83. The van der Waals surface area contributed by atoms with Gasteiger partial charge in [-0.3, -0.25) is 4.90 Å². The summed E-state index contributed by atoms with van der Waals surface area (Å²) in [6.45, 7) is 10.8. The minimum atomic E-state index is 0.717. The molecule has 2 aliphatic rings. The lowest BCUT2D eigenvalue weighted by atomic mass is 9.86. The predicted octanol–water partition coefficient (Wildman–Crippen LogP) is 1.79. The van der Waals surface area contributed by atoms with Crippen LogP contribution >= 0.6 is 0 Å². The van der Waals surface area contributed by atoms with Crippen molar-refractivity contribution in [2.24, 2.45) is 5.92 Å². The van der Waals surface area contributed by atoms with Crippen LogP contribution in [0.2, 0.25) is 0 Å². The van der Waals surface area contributed by atoms with Gasteiger partial charge in [-0.15, -0.1) is 0 Å². The van der Waals surface area contributed by atoms with Crippen LogP contribution in [0.15, 0.2) is 0 Å². The lowest BCUT2D eigenvalue weighted by Gasteiger charge is -2.39. The molecule has 1 saturated heterocycles. The van der Waals surface area contributed by atoms with Crippen molar-refractivity contribution in [1.82, 2.24) is 15.1 Å². The monoisotopic (exact) mass is 253 g/mol. The Bertz CT molecular complexity index is 244. The van der Waals surface area contributed by atoms with E-state index in [0.717, 1.165) is 12.0 Å². The molecule has 3 atom stereocenters. The molecule has 18 heavy (non-hydrogen) atoms. The van der Waals surface area contributed by atoms with Crippen LogP contribution in [-0.4, -0.2) is 61.7 Å². The van der Waals surface area contributed by atoms with Crippen LogP contribution in [0.4, 0.5) is 0 Å². The fraction of sp³-hybridized carbons (Fsp3) is 1.00. The lowest BCUT2D eigenvalue weighted by Crippen LogP contribution is -2.52.